The Morgan fingerprint density at radius 1 is 1.30 bits per heavy atom. The molecule has 0 fully saturated rings. The molecule has 2 rings (SSSR count). The van der Waals surface area contributed by atoms with Crippen LogP contribution in [0.2, 0.25) is 10.0 Å². The maximum absolute atomic E-state index is 12.3. The SMILES string of the molecule is CCc1oc(C(=O)NC(C)c2cc(Cl)ccc2Cl)cc1C(=O)O. The molecule has 2 aromatic rings. The van der Waals surface area contributed by atoms with Gasteiger partial charge in [-0.3, -0.25) is 4.79 Å². The highest BCUT2D eigenvalue weighted by atomic mass is 35.5. The van der Waals surface area contributed by atoms with Crippen molar-refractivity contribution in [2.45, 2.75) is 26.3 Å². The van der Waals surface area contributed by atoms with Crippen molar-refractivity contribution in [3.63, 3.8) is 0 Å². The largest absolute Gasteiger partial charge is 0.478 e. The first-order valence-corrected chi connectivity index (χ1v) is 7.70. The van der Waals surface area contributed by atoms with E-state index in [1.54, 1.807) is 32.0 Å². The summed E-state index contributed by atoms with van der Waals surface area (Å²) in [6.45, 7) is 3.50. The van der Waals surface area contributed by atoms with Gasteiger partial charge in [-0.1, -0.05) is 30.1 Å². The van der Waals surface area contributed by atoms with Crippen molar-refractivity contribution in [3.05, 3.63) is 57.0 Å². The quantitative estimate of drug-likeness (QED) is 0.835. The molecule has 1 amide bonds. The summed E-state index contributed by atoms with van der Waals surface area (Å²) in [7, 11) is 0. The summed E-state index contributed by atoms with van der Waals surface area (Å²) in [5.74, 6) is -1.44. The predicted molar refractivity (Wildman–Crippen MR) is 87.4 cm³/mol. The van der Waals surface area contributed by atoms with Gasteiger partial charge in [0.15, 0.2) is 5.76 Å². The Labute approximate surface area is 143 Å². The number of furan rings is 1. The van der Waals surface area contributed by atoms with Crippen molar-refractivity contribution in [1.82, 2.24) is 5.32 Å². The highest BCUT2D eigenvalue weighted by molar-refractivity contribution is 6.33. The lowest BCUT2D eigenvalue weighted by Gasteiger charge is -2.15. The Morgan fingerprint density at radius 3 is 2.57 bits per heavy atom. The molecule has 0 aliphatic carbocycles. The lowest BCUT2D eigenvalue weighted by molar-refractivity contribution is 0.0694. The van der Waals surface area contributed by atoms with Crippen LogP contribution in [0.4, 0.5) is 0 Å². The van der Waals surface area contributed by atoms with E-state index in [1.807, 2.05) is 0 Å². The molecule has 1 atom stereocenters. The molecule has 122 valence electrons. The number of carboxylic acids is 1. The number of hydrogen-bond acceptors (Lipinski definition) is 3. The van der Waals surface area contributed by atoms with Crippen LogP contribution < -0.4 is 5.32 Å². The fourth-order valence-corrected chi connectivity index (χ4v) is 2.64. The molecule has 0 spiro atoms. The van der Waals surface area contributed by atoms with E-state index < -0.39 is 17.9 Å². The van der Waals surface area contributed by atoms with Crippen LogP contribution in [0.15, 0.2) is 28.7 Å². The highest BCUT2D eigenvalue weighted by Gasteiger charge is 2.22. The summed E-state index contributed by atoms with van der Waals surface area (Å²) < 4.78 is 5.33. The molecule has 1 heterocycles. The van der Waals surface area contributed by atoms with Gasteiger partial charge in [-0.2, -0.15) is 0 Å². The minimum Gasteiger partial charge on any atom is -0.478 e. The Bertz CT molecular complexity index is 755. The zero-order chi connectivity index (χ0) is 17.1. The minimum atomic E-state index is -1.13. The van der Waals surface area contributed by atoms with Crippen LogP contribution >= 0.6 is 23.2 Å². The smallest absolute Gasteiger partial charge is 0.339 e. The Balaban J connectivity index is 2.21. The Morgan fingerprint density at radius 2 is 2.00 bits per heavy atom. The molecule has 1 unspecified atom stereocenters. The zero-order valence-electron chi connectivity index (χ0n) is 12.5. The number of halogens is 2. The van der Waals surface area contributed by atoms with Crippen LogP contribution in [-0.4, -0.2) is 17.0 Å². The van der Waals surface area contributed by atoms with Gasteiger partial charge in [-0.05, 0) is 30.7 Å². The molecule has 0 aliphatic heterocycles. The van der Waals surface area contributed by atoms with Crippen LogP contribution in [0.1, 0.15) is 52.1 Å². The molecule has 0 aliphatic rings. The van der Waals surface area contributed by atoms with Crippen LogP contribution in [0.3, 0.4) is 0 Å². The maximum atomic E-state index is 12.3. The van der Waals surface area contributed by atoms with Crippen molar-refractivity contribution in [2.24, 2.45) is 0 Å². The predicted octanol–water partition coefficient (Wildman–Crippen LogP) is 4.34. The van der Waals surface area contributed by atoms with E-state index in [-0.39, 0.29) is 17.1 Å². The highest BCUT2D eigenvalue weighted by Crippen LogP contribution is 2.26. The van der Waals surface area contributed by atoms with E-state index in [4.69, 9.17) is 32.7 Å². The van der Waals surface area contributed by atoms with Gasteiger partial charge in [0.25, 0.3) is 5.91 Å². The number of hydrogen-bond donors (Lipinski definition) is 2. The first-order chi connectivity index (χ1) is 10.8. The summed E-state index contributed by atoms with van der Waals surface area (Å²) in [4.78, 5) is 23.4. The van der Waals surface area contributed by atoms with E-state index >= 15 is 0 Å². The number of aryl methyl sites for hydroxylation is 1. The summed E-state index contributed by atoms with van der Waals surface area (Å²) in [6.07, 6.45) is 0.380. The second-order valence-electron chi connectivity index (χ2n) is 4.97. The summed E-state index contributed by atoms with van der Waals surface area (Å²) in [5.41, 5.74) is 0.652. The Hall–Kier alpha value is -1.98. The van der Waals surface area contributed by atoms with E-state index in [0.717, 1.165) is 0 Å². The number of benzene rings is 1. The molecule has 1 aromatic carbocycles. The van der Waals surface area contributed by atoms with Gasteiger partial charge in [-0.25, -0.2) is 4.79 Å². The number of carbonyl (C=O) groups excluding carboxylic acids is 1. The number of rotatable bonds is 5. The first kappa shape index (κ1) is 17.4. The van der Waals surface area contributed by atoms with Crippen molar-refractivity contribution in [3.8, 4) is 0 Å². The first-order valence-electron chi connectivity index (χ1n) is 6.95. The van der Waals surface area contributed by atoms with Crippen molar-refractivity contribution in [2.75, 3.05) is 0 Å². The van der Waals surface area contributed by atoms with Gasteiger partial charge in [0.2, 0.25) is 0 Å². The van der Waals surface area contributed by atoms with Crippen molar-refractivity contribution >= 4 is 35.1 Å². The third-order valence-electron chi connectivity index (χ3n) is 3.36. The van der Waals surface area contributed by atoms with E-state index in [2.05, 4.69) is 5.32 Å². The maximum Gasteiger partial charge on any atom is 0.339 e. The second kappa shape index (κ2) is 7.06. The molecule has 2 N–H and O–H groups in total. The van der Waals surface area contributed by atoms with Gasteiger partial charge in [0.05, 0.1) is 6.04 Å². The van der Waals surface area contributed by atoms with Gasteiger partial charge in [0.1, 0.15) is 11.3 Å². The molecular weight excluding hydrogens is 341 g/mol. The van der Waals surface area contributed by atoms with E-state index in [0.29, 0.717) is 22.0 Å². The van der Waals surface area contributed by atoms with Crippen molar-refractivity contribution < 1.29 is 19.1 Å². The lowest BCUT2D eigenvalue weighted by Crippen LogP contribution is -2.26. The van der Waals surface area contributed by atoms with Gasteiger partial charge in [-0.15, -0.1) is 0 Å². The standard InChI is InChI=1S/C16H15Cl2NO4/c1-3-13-11(16(21)22)7-14(23-13)15(20)19-8(2)10-6-9(17)4-5-12(10)18/h4-8H,3H2,1-2H3,(H,19,20)(H,21,22). The molecule has 23 heavy (non-hydrogen) atoms. The number of carboxylic acid groups (broad SMARTS) is 1. The van der Waals surface area contributed by atoms with Crippen LogP contribution in [0.5, 0.6) is 0 Å². The van der Waals surface area contributed by atoms with E-state index in [9.17, 15) is 9.59 Å². The number of amides is 1. The fourth-order valence-electron chi connectivity index (χ4n) is 2.18. The molecule has 0 saturated carbocycles. The fraction of sp³-hybridized carbons (Fsp3) is 0.250. The second-order valence-corrected chi connectivity index (χ2v) is 5.81. The average Bonchev–Trinajstić information content (AvgIpc) is 2.94. The van der Waals surface area contributed by atoms with Crippen LogP contribution in [0, 0.1) is 0 Å². The number of nitrogens with one attached hydrogen (secondary N) is 1. The summed E-state index contributed by atoms with van der Waals surface area (Å²) in [6, 6.07) is 5.77. The zero-order valence-corrected chi connectivity index (χ0v) is 14.0. The number of carbonyl (C=O) groups is 2. The molecule has 7 heteroatoms. The molecule has 0 radical (unpaired) electrons. The third-order valence-corrected chi connectivity index (χ3v) is 3.94. The van der Waals surface area contributed by atoms with E-state index in [1.165, 1.54) is 6.07 Å². The molecule has 1 aromatic heterocycles. The summed E-state index contributed by atoms with van der Waals surface area (Å²) in [5, 5.41) is 12.8. The number of aromatic carboxylic acids is 1. The van der Waals surface area contributed by atoms with Crippen LogP contribution in [0.25, 0.3) is 0 Å². The monoisotopic (exact) mass is 355 g/mol. The lowest BCUT2D eigenvalue weighted by atomic mass is 10.1. The molecular formula is C16H15Cl2NO4. The molecule has 0 saturated heterocycles. The van der Waals surface area contributed by atoms with Gasteiger partial charge < -0.3 is 14.8 Å². The summed E-state index contributed by atoms with van der Waals surface area (Å²) >= 11 is 12.0. The Kier molecular flexibility index (Phi) is 5.34. The van der Waals surface area contributed by atoms with Gasteiger partial charge in [0, 0.05) is 22.5 Å². The molecule has 0 bridgehead atoms. The normalized spacial score (nSPS) is 12.0. The van der Waals surface area contributed by atoms with Gasteiger partial charge >= 0.3 is 5.97 Å². The van der Waals surface area contributed by atoms with Crippen molar-refractivity contribution in [1.29, 1.82) is 0 Å². The third kappa shape index (κ3) is 3.86. The minimum absolute atomic E-state index is 0.00825. The average molecular weight is 356 g/mol. The topological polar surface area (TPSA) is 79.5 Å². The van der Waals surface area contributed by atoms with Crippen LogP contribution in [-0.2, 0) is 6.42 Å². The molecule has 5 nitrogen and oxygen atoms in total.